The Kier molecular flexibility index (Phi) is 6.34. The third-order valence-electron chi connectivity index (χ3n) is 2.37. The van der Waals surface area contributed by atoms with E-state index >= 15 is 0 Å². The molecule has 0 saturated heterocycles. The highest BCUT2D eigenvalue weighted by atomic mass is 32.2. The summed E-state index contributed by atoms with van der Waals surface area (Å²) in [5.41, 5.74) is 0. The maximum atomic E-state index is 4.54. The van der Waals surface area contributed by atoms with Gasteiger partial charge in [-0.25, -0.2) is 9.97 Å². The maximum absolute atomic E-state index is 4.54. The summed E-state index contributed by atoms with van der Waals surface area (Å²) in [4.78, 5) is 8.99. The van der Waals surface area contributed by atoms with Gasteiger partial charge in [-0.2, -0.15) is 0 Å². The molecule has 0 aliphatic rings. The Morgan fingerprint density at radius 3 is 2.65 bits per heavy atom. The second-order valence-corrected chi connectivity index (χ2v) is 5.54. The van der Waals surface area contributed by atoms with Crippen LogP contribution in [0.5, 0.6) is 0 Å². The van der Waals surface area contributed by atoms with E-state index in [0.717, 1.165) is 41.3 Å². The Hall–Kier alpha value is -0.770. The second kappa shape index (κ2) is 7.54. The molecule has 0 atom stereocenters. The molecule has 0 bridgehead atoms. The van der Waals surface area contributed by atoms with Gasteiger partial charge in [0, 0.05) is 19.0 Å². The molecule has 0 unspecified atom stereocenters. The summed E-state index contributed by atoms with van der Waals surface area (Å²) in [6.07, 6.45) is 2.11. The molecule has 3 nitrogen and oxygen atoms in total. The molecule has 0 aliphatic heterocycles. The molecular formula is C13H23N3S. The minimum atomic E-state index is 0.753. The van der Waals surface area contributed by atoms with Gasteiger partial charge in [0.05, 0.1) is 0 Å². The average Bonchev–Trinajstić information content (AvgIpc) is 2.28. The van der Waals surface area contributed by atoms with Gasteiger partial charge in [0.15, 0.2) is 0 Å². The van der Waals surface area contributed by atoms with Gasteiger partial charge in [-0.3, -0.25) is 0 Å². The summed E-state index contributed by atoms with van der Waals surface area (Å²) in [7, 11) is 0. The molecule has 1 aromatic rings. The lowest BCUT2D eigenvalue weighted by Gasteiger charge is -2.08. The number of aromatic nitrogens is 2. The standard InChI is InChI=1S/C13H23N3S/c1-5-11-15-12(14-6-2)9-13(16-11)17-8-7-10(3)4/h9-10H,5-8H2,1-4H3,(H,14,15,16). The molecule has 17 heavy (non-hydrogen) atoms. The van der Waals surface area contributed by atoms with E-state index < -0.39 is 0 Å². The molecule has 0 spiro atoms. The zero-order valence-electron chi connectivity index (χ0n) is 11.3. The zero-order chi connectivity index (χ0) is 12.7. The summed E-state index contributed by atoms with van der Waals surface area (Å²) in [6, 6.07) is 2.05. The van der Waals surface area contributed by atoms with E-state index in [0.29, 0.717) is 0 Å². The van der Waals surface area contributed by atoms with Crippen molar-refractivity contribution >= 4 is 17.6 Å². The van der Waals surface area contributed by atoms with Crippen LogP contribution in [0, 0.1) is 5.92 Å². The predicted octanol–water partition coefficient (Wildman–Crippen LogP) is 3.61. The lowest BCUT2D eigenvalue weighted by molar-refractivity contribution is 0.632. The van der Waals surface area contributed by atoms with Crippen molar-refractivity contribution in [1.29, 1.82) is 0 Å². The molecule has 0 radical (unpaired) electrons. The average molecular weight is 253 g/mol. The van der Waals surface area contributed by atoms with Crippen LogP contribution in [-0.4, -0.2) is 22.3 Å². The third-order valence-corrected chi connectivity index (χ3v) is 3.31. The van der Waals surface area contributed by atoms with Crippen molar-refractivity contribution in [2.75, 3.05) is 17.6 Å². The Balaban J connectivity index is 2.66. The SMILES string of the molecule is CCNc1cc(SCCC(C)C)nc(CC)n1. The lowest BCUT2D eigenvalue weighted by Crippen LogP contribution is -2.04. The van der Waals surface area contributed by atoms with E-state index in [1.807, 2.05) is 17.8 Å². The van der Waals surface area contributed by atoms with E-state index in [1.54, 1.807) is 0 Å². The first-order valence-corrected chi connectivity index (χ1v) is 7.38. The molecule has 96 valence electrons. The number of nitrogens with one attached hydrogen (secondary N) is 1. The summed E-state index contributed by atoms with van der Waals surface area (Å²) < 4.78 is 0. The Morgan fingerprint density at radius 2 is 2.06 bits per heavy atom. The van der Waals surface area contributed by atoms with Crippen LogP contribution in [0.1, 0.15) is 39.9 Å². The summed E-state index contributed by atoms with van der Waals surface area (Å²) in [5, 5.41) is 4.35. The van der Waals surface area contributed by atoms with Crippen molar-refractivity contribution in [1.82, 2.24) is 9.97 Å². The van der Waals surface area contributed by atoms with Crippen LogP contribution in [0.3, 0.4) is 0 Å². The fourth-order valence-corrected chi connectivity index (χ4v) is 2.54. The van der Waals surface area contributed by atoms with E-state index in [9.17, 15) is 0 Å². The van der Waals surface area contributed by atoms with E-state index in [4.69, 9.17) is 0 Å². The van der Waals surface area contributed by atoms with Crippen LogP contribution < -0.4 is 5.32 Å². The van der Waals surface area contributed by atoms with Crippen molar-refractivity contribution in [3.63, 3.8) is 0 Å². The van der Waals surface area contributed by atoms with E-state index in [1.165, 1.54) is 6.42 Å². The molecule has 4 heteroatoms. The van der Waals surface area contributed by atoms with Gasteiger partial charge >= 0.3 is 0 Å². The molecule has 1 heterocycles. The molecule has 1 rings (SSSR count). The van der Waals surface area contributed by atoms with Gasteiger partial charge in [-0.05, 0) is 25.0 Å². The fraction of sp³-hybridized carbons (Fsp3) is 0.692. The molecule has 0 aliphatic carbocycles. The number of rotatable bonds is 7. The first kappa shape index (κ1) is 14.3. The largest absolute Gasteiger partial charge is 0.370 e. The number of anilines is 1. The van der Waals surface area contributed by atoms with Crippen molar-refractivity contribution in [2.24, 2.45) is 5.92 Å². The van der Waals surface area contributed by atoms with Crippen LogP contribution in [0.2, 0.25) is 0 Å². The second-order valence-electron chi connectivity index (χ2n) is 4.42. The van der Waals surface area contributed by atoms with Crippen LogP contribution in [0.4, 0.5) is 5.82 Å². The Bertz CT molecular complexity index is 339. The van der Waals surface area contributed by atoms with E-state index in [-0.39, 0.29) is 0 Å². The molecular weight excluding hydrogens is 230 g/mol. The monoisotopic (exact) mass is 253 g/mol. The Labute approximate surface area is 109 Å². The van der Waals surface area contributed by atoms with Crippen LogP contribution in [0.25, 0.3) is 0 Å². The number of aryl methyl sites for hydroxylation is 1. The number of hydrogen-bond donors (Lipinski definition) is 1. The minimum Gasteiger partial charge on any atom is -0.370 e. The zero-order valence-corrected chi connectivity index (χ0v) is 12.1. The Morgan fingerprint density at radius 1 is 1.29 bits per heavy atom. The van der Waals surface area contributed by atoms with Crippen LogP contribution in [-0.2, 0) is 6.42 Å². The summed E-state index contributed by atoms with van der Waals surface area (Å²) in [5.74, 6) is 3.76. The number of nitrogens with zero attached hydrogens (tertiary/aromatic N) is 2. The minimum absolute atomic E-state index is 0.753. The third kappa shape index (κ3) is 5.39. The normalized spacial score (nSPS) is 10.9. The summed E-state index contributed by atoms with van der Waals surface area (Å²) >= 11 is 1.83. The van der Waals surface area contributed by atoms with Gasteiger partial charge in [0.2, 0.25) is 0 Å². The topological polar surface area (TPSA) is 37.8 Å². The van der Waals surface area contributed by atoms with E-state index in [2.05, 4.69) is 43.0 Å². The number of thioether (sulfide) groups is 1. The molecule has 0 fully saturated rings. The van der Waals surface area contributed by atoms with Gasteiger partial charge in [0.1, 0.15) is 16.7 Å². The molecule has 0 aromatic carbocycles. The van der Waals surface area contributed by atoms with Crippen molar-refractivity contribution in [3.05, 3.63) is 11.9 Å². The van der Waals surface area contributed by atoms with Gasteiger partial charge in [-0.1, -0.05) is 20.8 Å². The van der Waals surface area contributed by atoms with Crippen molar-refractivity contribution < 1.29 is 0 Å². The molecule has 1 aromatic heterocycles. The molecule has 0 amide bonds. The molecule has 0 saturated carbocycles. The highest BCUT2D eigenvalue weighted by molar-refractivity contribution is 7.99. The highest BCUT2D eigenvalue weighted by Crippen LogP contribution is 2.21. The quantitative estimate of drug-likeness (QED) is 0.595. The van der Waals surface area contributed by atoms with Gasteiger partial charge < -0.3 is 5.32 Å². The first-order valence-electron chi connectivity index (χ1n) is 6.40. The van der Waals surface area contributed by atoms with Crippen molar-refractivity contribution in [3.8, 4) is 0 Å². The predicted molar refractivity (Wildman–Crippen MR) is 75.8 cm³/mol. The van der Waals surface area contributed by atoms with Gasteiger partial charge in [0.25, 0.3) is 0 Å². The lowest BCUT2D eigenvalue weighted by atomic mass is 10.2. The fourth-order valence-electron chi connectivity index (χ4n) is 1.38. The summed E-state index contributed by atoms with van der Waals surface area (Å²) in [6.45, 7) is 9.58. The maximum Gasteiger partial charge on any atom is 0.131 e. The van der Waals surface area contributed by atoms with Crippen LogP contribution >= 0.6 is 11.8 Å². The van der Waals surface area contributed by atoms with Gasteiger partial charge in [-0.15, -0.1) is 11.8 Å². The molecule has 1 N–H and O–H groups in total. The highest BCUT2D eigenvalue weighted by Gasteiger charge is 2.04. The smallest absolute Gasteiger partial charge is 0.131 e. The first-order chi connectivity index (χ1) is 8.15. The van der Waals surface area contributed by atoms with Crippen LogP contribution in [0.15, 0.2) is 11.1 Å². The van der Waals surface area contributed by atoms with Crippen molar-refractivity contribution in [2.45, 2.75) is 45.6 Å². The number of hydrogen-bond acceptors (Lipinski definition) is 4.